The first-order valence-corrected chi connectivity index (χ1v) is 11.6. The first-order valence-electron chi connectivity index (χ1n) is 10.1. The monoisotopic (exact) mass is 410 g/mol. The first kappa shape index (κ1) is 19.9. The van der Waals surface area contributed by atoms with Crippen molar-refractivity contribution >= 4 is 15.9 Å². The molecule has 1 unspecified atom stereocenters. The van der Waals surface area contributed by atoms with Gasteiger partial charge < -0.3 is 4.90 Å². The molecular formula is C23H26N2O3S. The highest BCUT2D eigenvalue weighted by atomic mass is 32.2. The molecule has 4 rings (SSSR count). The SMILES string of the molecule is Cc1ccc(S(=O)(=O)N2CC=C(C(=O)N3CCCCC3)C2c2ccccc2)cc1. The number of nitrogens with zero attached hydrogens (tertiary/aromatic N) is 2. The Kier molecular flexibility index (Phi) is 5.56. The highest BCUT2D eigenvalue weighted by molar-refractivity contribution is 7.89. The van der Waals surface area contributed by atoms with Crippen molar-refractivity contribution in [3.8, 4) is 0 Å². The van der Waals surface area contributed by atoms with E-state index in [1.165, 1.54) is 4.31 Å². The Labute approximate surface area is 172 Å². The second-order valence-electron chi connectivity index (χ2n) is 7.71. The quantitative estimate of drug-likeness (QED) is 0.773. The second kappa shape index (κ2) is 8.13. The Bertz CT molecular complexity index is 1010. The van der Waals surface area contributed by atoms with E-state index in [1.807, 2.05) is 42.2 Å². The third-order valence-electron chi connectivity index (χ3n) is 5.71. The van der Waals surface area contributed by atoms with E-state index in [-0.39, 0.29) is 17.3 Å². The number of amides is 1. The van der Waals surface area contributed by atoms with E-state index in [0.717, 1.165) is 43.5 Å². The number of hydrogen-bond donors (Lipinski definition) is 0. The Morgan fingerprint density at radius 2 is 1.59 bits per heavy atom. The van der Waals surface area contributed by atoms with Gasteiger partial charge in [-0.3, -0.25) is 4.79 Å². The van der Waals surface area contributed by atoms with Gasteiger partial charge in [-0.25, -0.2) is 8.42 Å². The second-order valence-corrected chi connectivity index (χ2v) is 9.60. The molecule has 0 N–H and O–H groups in total. The van der Waals surface area contributed by atoms with Crippen molar-refractivity contribution in [2.75, 3.05) is 19.6 Å². The summed E-state index contributed by atoms with van der Waals surface area (Å²) in [7, 11) is -3.74. The van der Waals surface area contributed by atoms with Crippen LogP contribution in [0.1, 0.15) is 36.4 Å². The summed E-state index contributed by atoms with van der Waals surface area (Å²) >= 11 is 0. The maximum atomic E-state index is 13.4. The molecule has 0 spiro atoms. The lowest BCUT2D eigenvalue weighted by molar-refractivity contribution is -0.128. The van der Waals surface area contributed by atoms with E-state index >= 15 is 0 Å². The van der Waals surface area contributed by atoms with Gasteiger partial charge in [-0.05, 0) is 43.9 Å². The molecule has 1 saturated heterocycles. The minimum Gasteiger partial charge on any atom is -0.339 e. The molecule has 2 heterocycles. The minimum absolute atomic E-state index is 0.0415. The van der Waals surface area contributed by atoms with E-state index in [2.05, 4.69) is 0 Å². The molecule has 0 bridgehead atoms. The maximum absolute atomic E-state index is 13.4. The molecule has 29 heavy (non-hydrogen) atoms. The number of hydrogen-bond acceptors (Lipinski definition) is 3. The van der Waals surface area contributed by atoms with Crippen LogP contribution in [-0.2, 0) is 14.8 Å². The standard InChI is InChI=1S/C23H26N2O3S/c1-18-10-12-20(13-11-18)29(27,28)25-17-14-21(22(25)19-8-4-2-5-9-19)23(26)24-15-6-3-7-16-24/h2,4-5,8-14,22H,3,6-7,15-17H2,1H3. The largest absolute Gasteiger partial charge is 0.339 e. The van der Waals surface area contributed by atoms with Gasteiger partial charge in [0.1, 0.15) is 0 Å². The van der Waals surface area contributed by atoms with Crippen LogP contribution < -0.4 is 0 Å². The van der Waals surface area contributed by atoms with E-state index in [9.17, 15) is 13.2 Å². The van der Waals surface area contributed by atoms with Crippen molar-refractivity contribution in [2.45, 2.75) is 37.1 Å². The molecule has 2 aromatic rings. The van der Waals surface area contributed by atoms with Crippen LogP contribution in [0.2, 0.25) is 0 Å². The summed E-state index contributed by atoms with van der Waals surface area (Å²) in [6, 6.07) is 15.7. The summed E-state index contributed by atoms with van der Waals surface area (Å²) in [5.41, 5.74) is 2.38. The molecule has 1 fully saturated rings. The number of aryl methyl sites for hydroxylation is 1. The van der Waals surface area contributed by atoms with Crippen LogP contribution in [0.15, 0.2) is 71.1 Å². The predicted molar refractivity (Wildman–Crippen MR) is 113 cm³/mol. The molecule has 2 aliphatic heterocycles. The average molecular weight is 411 g/mol. The van der Waals surface area contributed by atoms with Crippen molar-refractivity contribution in [3.63, 3.8) is 0 Å². The summed E-state index contributed by atoms with van der Waals surface area (Å²) in [6.45, 7) is 3.60. The van der Waals surface area contributed by atoms with Crippen molar-refractivity contribution < 1.29 is 13.2 Å². The lowest BCUT2D eigenvalue weighted by Gasteiger charge is -2.31. The fourth-order valence-electron chi connectivity index (χ4n) is 4.11. The van der Waals surface area contributed by atoms with Crippen LogP contribution in [0, 0.1) is 6.92 Å². The van der Waals surface area contributed by atoms with Gasteiger partial charge in [0.05, 0.1) is 10.9 Å². The van der Waals surface area contributed by atoms with E-state index in [0.29, 0.717) is 5.57 Å². The summed E-state index contributed by atoms with van der Waals surface area (Å²) in [5, 5.41) is 0. The first-order chi connectivity index (χ1) is 14.0. The summed E-state index contributed by atoms with van der Waals surface area (Å²) < 4.78 is 28.3. The number of rotatable bonds is 4. The third-order valence-corrected chi connectivity index (χ3v) is 7.55. The summed E-state index contributed by atoms with van der Waals surface area (Å²) in [5.74, 6) is -0.0415. The molecule has 0 radical (unpaired) electrons. The van der Waals surface area contributed by atoms with Gasteiger partial charge >= 0.3 is 0 Å². The lowest BCUT2D eigenvalue weighted by Crippen LogP contribution is -2.39. The topological polar surface area (TPSA) is 57.7 Å². The van der Waals surface area contributed by atoms with Gasteiger partial charge in [-0.2, -0.15) is 4.31 Å². The summed E-state index contributed by atoms with van der Waals surface area (Å²) in [4.78, 5) is 15.4. The zero-order valence-corrected chi connectivity index (χ0v) is 17.4. The molecule has 2 aromatic carbocycles. The highest BCUT2D eigenvalue weighted by Crippen LogP contribution is 2.38. The van der Waals surface area contributed by atoms with Crippen LogP contribution in [-0.4, -0.2) is 43.2 Å². The number of piperidine rings is 1. The van der Waals surface area contributed by atoms with E-state index < -0.39 is 16.1 Å². The maximum Gasteiger partial charge on any atom is 0.251 e. The number of carbonyl (C=O) groups excluding carboxylic acids is 1. The Morgan fingerprint density at radius 3 is 2.24 bits per heavy atom. The van der Waals surface area contributed by atoms with Gasteiger partial charge in [0.25, 0.3) is 5.91 Å². The highest BCUT2D eigenvalue weighted by Gasteiger charge is 2.41. The number of benzene rings is 2. The van der Waals surface area contributed by atoms with Gasteiger partial charge in [0.2, 0.25) is 10.0 Å². The van der Waals surface area contributed by atoms with E-state index in [4.69, 9.17) is 0 Å². The van der Waals surface area contributed by atoms with Crippen LogP contribution in [0.4, 0.5) is 0 Å². The molecule has 1 amide bonds. The third kappa shape index (κ3) is 3.87. The molecule has 0 aromatic heterocycles. The van der Waals surface area contributed by atoms with Gasteiger partial charge in [0, 0.05) is 25.2 Å². The van der Waals surface area contributed by atoms with E-state index in [1.54, 1.807) is 30.3 Å². The Morgan fingerprint density at radius 1 is 0.931 bits per heavy atom. The van der Waals surface area contributed by atoms with Crippen molar-refractivity contribution in [3.05, 3.63) is 77.4 Å². The average Bonchev–Trinajstić information content (AvgIpc) is 3.21. The lowest BCUT2D eigenvalue weighted by atomic mass is 9.99. The van der Waals surface area contributed by atoms with Crippen LogP contribution >= 0.6 is 0 Å². The van der Waals surface area contributed by atoms with Crippen LogP contribution in [0.25, 0.3) is 0 Å². The summed E-state index contributed by atoms with van der Waals surface area (Å²) in [6.07, 6.45) is 4.93. The van der Waals surface area contributed by atoms with Crippen LogP contribution in [0.3, 0.4) is 0 Å². The van der Waals surface area contributed by atoms with Crippen LogP contribution in [0.5, 0.6) is 0 Å². The van der Waals surface area contributed by atoms with Gasteiger partial charge in [0.15, 0.2) is 0 Å². The molecule has 5 nitrogen and oxygen atoms in total. The van der Waals surface area contributed by atoms with Crippen molar-refractivity contribution in [2.24, 2.45) is 0 Å². The molecule has 152 valence electrons. The molecule has 0 saturated carbocycles. The Balaban J connectivity index is 1.71. The smallest absolute Gasteiger partial charge is 0.251 e. The van der Waals surface area contributed by atoms with Crippen molar-refractivity contribution in [1.29, 1.82) is 0 Å². The number of carbonyl (C=O) groups is 1. The zero-order chi connectivity index (χ0) is 20.4. The Hall–Kier alpha value is -2.44. The predicted octanol–water partition coefficient (Wildman–Crippen LogP) is 3.68. The molecule has 6 heteroatoms. The molecule has 0 aliphatic carbocycles. The van der Waals surface area contributed by atoms with Crippen molar-refractivity contribution in [1.82, 2.24) is 9.21 Å². The van der Waals surface area contributed by atoms with Gasteiger partial charge in [-0.1, -0.05) is 54.1 Å². The molecule has 1 atom stereocenters. The zero-order valence-electron chi connectivity index (χ0n) is 16.6. The normalized spacial score (nSPS) is 20.5. The fraction of sp³-hybridized carbons (Fsp3) is 0.348. The van der Waals surface area contributed by atoms with Gasteiger partial charge in [-0.15, -0.1) is 0 Å². The number of sulfonamides is 1. The minimum atomic E-state index is -3.74. The number of likely N-dealkylation sites (tertiary alicyclic amines) is 1. The molecular weight excluding hydrogens is 384 g/mol. The molecule has 2 aliphatic rings. The fourth-order valence-corrected chi connectivity index (χ4v) is 5.64.